The molecule has 2 aromatic heterocycles. The molecule has 1 aromatic carbocycles. The largest absolute Gasteiger partial charge is 0.497 e. The maximum Gasteiger partial charge on any atom is 0.255 e. The monoisotopic (exact) mass is 423 g/mol. The fourth-order valence-corrected chi connectivity index (χ4v) is 4.09. The highest BCUT2D eigenvalue weighted by molar-refractivity contribution is 5.96. The van der Waals surface area contributed by atoms with Crippen LogP contribution in [0.2, 0.25) is 0 Å². The first-order valence-electron chi connectivity index (χ1n) is 10.5. The number of rotatable bonds is 6. The number of benzene rings is 1. The van der Waals surface area contributed by atoms with Crippen molar-refractivity contribution in [2.45, 2.75) is 25.4 Å². The summed E-state index contributed by atoms with van der Waals surface area (Å²) in [7, 11) is 7.40. The number of aromatic nitrogens is 3. The average Bonchev–Trinajstić information content (AvgIpc) is 3.20. The second kappa shape index (κ2) is 8.93. The van der Waals surface area contributed by atoms with Crippen LogP contribution in [0.1, 0.15) is 28.8 Å². The van der Waals surface area contributed by atoms with Crippen LogP contribution in [0, 0.1) is 0 Å². The van der Waals surface area contributed by atoms with Gasteiger partial charge in [0, 0.05) is 42.3 Å². The first-order valence-corrected chi connectivity index (χ1v) is 10.5. The Bertz CT molecular complexity index is 1080. The Hall–Kier alpha value is -3.13. The zero-order chi connectivity index (χ0) is 22.0. The van der Waals surface area contributed by atoms with Crippen molar-refractivity contribution < 1.29 is 14.3 Å². The summed E-state index contributed by atoms with van der Waals surface area (Å²) in [5, 5.41) is 5.34. The van der Waals surface area contributed by atoms with Gasteiger partial charge in [0.15, 0.2) is 5.65 Å². The number of amides is 1. The molecule has 4 rings (SSSR count). The van der Waals surface area contributed by atoms with Crippen molar-refractivity contribution in [2.75, 3.05) is 41.4 Å². The number of carbonyl (C=O) groups excluding carboxylic acids is 1. The van der Waals surface area contributed by atoms with E-state index in [1.807, 2.05) is 33.8 Å². The van der Waals surface area contributed by atoms with Gasteiger partial charge in [-0.15, -0.1) is 0 Å². The number of ether oxygens (including phenoxy) is 2. The van der Waals surface area contributed by atoms with Crippen LogP contribution in [0.25, 0.3) is 11.0 Å². The van der Waals surface area contributed by atoms with Crippen molar-refractivity contribution in [3.63, 3.8) is 0 Å². The van der Waals surface area contributed by atoms with Crippen LogP contribution in [-0.2, 0) is 6.54 Å². The van der Waals surface area contributed by atoms with Gasteiger partial charge in [-0.25, -0.2) is 9.67 Å². The SMILES string of the molecule is COc1ccc(Cn2ncc3cc(C(=O)N4CCCC(N(C)C)C4)cnc32)c(OC)c1. The molecule has 0 radical (unpaired) electrons. The fraction of sp³-hybridized carbons (Fsp3) is 0.435. The maximum atomic E-state index is 13.1. The molecule has 1 unspecified atom stereocenters. The zero-order valence-corrected chi connectivity index (χ0v) is 18.5. The van der Waals surface area contributed by atoms with Crippen molar-refractivity contribution >= 4 is 16.9 Å². The summed E-state index contributed by atoms with van der Waals surface area (Å²) in [6, 6.07) is 7.99. The fourth-order valence-electron chi connectivity index (χ4n) is 4.09. The van der Waals surface area contributed by atoms with Crippen molar-refractivity contribution in [2.24, 2.45) is 0 Å². The van der Waals surface area contributed by atoms with Gasteiger partial charge in [-0.2, -0.15) is 5.10 Å². The normalized spacial score (nSPS) is 16.7. The summed E-state index contributed by atoms with van der Waals surface area (Å²) in [5.74, 6) is 1.50. The summed E-state index contributed by atoms with van der Waals surface area (Å²) < 4.78 is 12.6. The highest BCUT2D eigenvalue weighted by Gasteiger charge is 2.26. The van der Waals surface area contributed by atoms with E-state index in [-0.39, 0.29) is 5.91 Å². The van der Waals surface area contributed by atoms with Gasteiger partial charge in [0.05, 0.1) is 32.5 Å². The topological polar surface area (TPSA) is 72.7 Å². The maximum absolute atomic E-state index is 13.1. The lowest BCUT2D eigenvalue weighted by Crippen LogP contribution is -2.47. The second-order valence-corrected chi connectivity index (χ2v) is 8.13. The summed E-state index contributed by atoms with van der Waals surface area (Å²) in [6.07, 6.45) is 5.56. The number of likely N-dealkylation sites (N-methyl/N-ethyl adjacent to an activating group) is 1. The Morgan fingerprint density at radius 2 is 2.03 bits per heavy atom. The van der Waals surface area contributed by atoms with E-state index >= 15 is 0 Å². The minimum absolute atomic E-state index is 0.0329. The van der Waals surface area contributed by atoms with Crippen molar-refractivity contribution in [3.05, 3.63) is 47.8 Å². The van der Waals surface area contributed by atoms with E-state index in [4.69, 9.17) is 9.47 Å². The minimum Gasteiger partial charge on any atom is -0.497 e. The smallest absolute Gasteiger partial charge is 0.255 e. The van der Waals surface area contributed by atoms with Crippen LogP contribution >= 0.6 is 0 Å². The molecule has 1 atom stereocenters. The lowest BCUT2D eigenvalue weighted by molar-refractivity contribution is 0.0635. The van der Waals surface area contributed by atoms with Gasteiger partial charge >= 0.3 is 0 Å². The third-order valence-corrected chi connectivity index (χ3v) is 5.95. The number of pyridine rings is 1. The number of piperidine rings is 1. The van der Waals surface area contributed by atoms with E-state index in [9.17, 15) is 4.79 Å². The molecule has 0 saturated carbocycles. The van der Waals surface area contributed by atoms with Crippen molar-refractivity contribution in [1.82, 2.24) is 24.6 Å². The Morgan fingerprint density at radius 1 is 1.19 bits per heavy atom. The number of carbonyl (C=O) groups is 1. The third-order valence-electron chi connectivity index (χ3n) is 5.95. The van der Waals surface area contributed by atoms with Gasteiger partial charge in [0.1, 0.15) is 11.5 Å². The predicted molar refractivity (Wildman–Crippen MR) is 119 cm³/mol. The van der Waals surface area contributed by atoms with Crippen molar-refractivity contribution in [3.8, 4) is 11.5 Å². The molecule has 8 nitrogen and oxygen atoms in total. The van der Waals surface area contributed by atoms with Gasteiger partial charge in [-0.3, -0.25) is 4.79 Å². The molecular weight excluding hydrogens is 394 g/mol. The van der Waals surface area contributed by atoms with Crippen LogP contribution in [0.3, 0.4) is 0 Å². The summed E-state index contributed by atoms with van der Waals surface area (Å²) in [6.45, 7) is 2.05. The molecule has 3 aromatic rings. The number of likely N-dealkylation sites (tertiary alicyclic amines) is 1. The van der Waals surface area contributed by atoms with Gasteiger partial charge in [0.2, 0.25) is 0 Å². The Labute approximate surface area is 182 Å². The molecule has 0 N–H and O–H groups in total. The van der Waals surface area contributed by atoms with E-state index < -0.39 is 0 Å². The van der Waals surface area contributed by atoms with Crippen LogP contribution < -0.4 is 9.47 Å². The Morgan fingerprint density at radius 3 is 2.77 bits per heavy atom. The average molecular weight is 424 g/mol. The standard InChI is InChI=1S/C23H29N5O3/c1-26(2)19-6-5-9-27(15-19)23(29)18-10-17-13-25-28(22(17)24-12-18)14-16-7-8-20(30-3)11-21(16)31-4/h7-8,10-13,19H,5-6,9,14-15H2,1-4H3. The highest BCUT2D eigenvalue weighted by atomic mass is 16.5. The molecule has 0 aliphatic carbocycles. The van der Waals surface area contributed by atoms with E-state index in [1.165, 1.54) is 0 Å². The highest BCUT2D eigenvalue weighted by Crippen LogP contribution is 2.26. The van der Waals surface area contributed by atoms with Crippen LogP contribution in [0.5, 0.6) is 11.5 Å². The zero-order valence-electron chi connectivity index (χ0n) is 18.5. The summed E-state index contributed by atoms with van der Waals surface area (Å²) in [4.78, 5) is 21.8. The van der Waals surface area contributed by atoms with Gasteiger partial charge in [0.25, 0.3) is 5.91 Å². The van der Waals surface area contributed by atoms with Gasteiger partial charge in [-0.05, 0) is 45.1 Å². The lowest BCUT2D eigenvalue weighted by Gasteiger charge is -2.36. The summed E-state index contributed by atoms with van der Waals surface area (Å²) in [5.41, 5.74) is 2.31. The molecule has 31 heavy (non-hydrogen) atoms. The van der Waals surface area contributed by atoms with Crippen LogP contribution in [0.15, 0.2) is 36.7 Å². The molecule has 1 amide bonds. The van der Waals surface area contributed by atoms with Crippen molar-refractivity contribution in [1.29, 1.82) is 0 Å². The summed E-state index contributed by atoms with van der Waals surface area (Å²) >= 11 is 0. The molecule has 0 bridgehead atoms. The van der Waals surface area contributed by atoms with E-state index in [2.05, 4.69) is 29.1 Å². The van der Waals surface area contributed by atoms with E-state index in [1.54, 1.807) is 26.6 Å². The predicted octanol–water partition coefficient (Wildman–Crippen LogP) is 2.66. The Balaban J connectivity index is 1.55. The molecule has 164 valence electrons. The molecule has 3 heterocycles. The van der Waals surface area contributed by atoms with Gasteiger partial charge < -0.3 is 19.3 Å². The molecule has 1 aliphatic heterocycles. The molecule has 1 saturated heterocycles. The molecule has 0 spiro atoms. The number of methoxy groups -OCH3 is 2. The second-order valence-electron chi connectivity index (χ2n) is 8.13. The Kier molecular flexibility index (Phi) is 6.08. The van der Waals surface area contributed by atoms with E-state index in [0.717, 1.165) is 54.0 Å². The lowest BCUT2D eigenvalue weighted by atomic mass is 10.0. The van der Waals surface area contributed by atoms with Crippen LogP contribution in [-0.4, -0.2) is 77.9 Å². The van der Waals surface area contributed by atoms with Gasteiger partial charge in [-0.1, -0.05) is 0 Å². The quantitative estimate of drug-likeness (QED) is 0.607. The molecular formula is C23H29N5O3. The first kappa shape index (κ1) is 21.1. The number of hydrogen-bond donors (Lipinski definition) is 0. The number of nitrogens with zero attached hydrogens (tertiary/aromatic N) is 5. The third kappa shape index (κ3) is 4.34. The first-order chi connectivity index (χ1) is 15.0. The number of hydrogen-bond acceptors (Lipinski definition) is 6. The molecule has 1 fully saturated rings. The van der Waals surface area contributed by atoms with E-state index in [0.29, 0.717) is 18.2 Å². The molecule has 8 heteroatoms. The number of fused-ring (bicyclic) bond motifs is 1. The molecule has 1 aliphatic rings. The minimum atomic E-state index is 0.0329. The van der Waals surface area contributed by atoms with Crippen LogP contribution in [0.4, 0.5) is 0 Å².